The molecule has 4 N–H and O–H groups in total. The second-order valence-corrected chi connectivity index (χ2v) is 3.84. The van der Waals surface area contributed by atoms with Crippen molar-refractivity contribution in [2.75, 3.05) is 11.5 Å². The Morgan fingerprint density at radius 1 is 1.31 bits per heavy atom. The van der Waals surface area contributed by atoms with Crippen molar-refractivity contribution in [2.24, 2.45) is 0 Å². The van der Waals surface area contributed by atoms with E-state index in [4.69, 9.17) is 11.5 Å². The van der Waals surface area contributed by atoms with Crippen molar-refractivity contribution in [1.82, 2.24) is 0 Å². The van der Waals surface area contributed by atoms with Gasteiger partial charge in [-0.25, -0.2) is 0 Å². The molecule has 0 spiro atoms. The molecule has 0 atom stereocenters. The van der Waals surface area contributed by atoms with Gasteiger partial charge in [0.05, 0.1) is 9.70 Å². The van der Waals surface area contributed by atoms with Crippen molar-refractivity contribution < 1.29 is 4.79 Å². The van der Waals surface area contributed by atoms with Crippen LogP contribution in [-0.2, 0) is 0 Å². The van der Waals surface area contributed by atoms with Gasteiger partial charge in [0.2, 0.25) is 0 Å². The van der Waals surface area contributed by atoms with Crippen molar-refractivity contribution >= 4 is 38.4 Å². The fourth-order valence-corrected chi connectivity index (χ4v) is 2.17. The number of thiophene rings is 1. The molecule has 0 fully saturated rings. The van der Waals surface area contributed by atoms with Crippen LogP contribution in [0.5, 0.6) is 0 Å². The molecule has 4 heteroatoms. The van der Waals surface area contributed by atoms with Crippen molar-refractivity contribution in [3.05, 3.63) is 23.8 Å². The van der Waals surface area contributed by atoms with Gasteiger partial charge < -0.3 is 11.5 Å². The van der Waals surface area contributed by atoms with Crippen LogP contribution in [-0.4, -0.2) is 6.29 Å². The van der Waals surface area contributed by atoms with Crippen LogP contribution in [0.3, 0.4) is 0 Å². The summed E-state index contributed by atoms with van der Waals surface area (Å²) in [4.78, 5) is 10.7. The zero-order chi connectivity index (χ0) is 9.42. The average molecular weight is 192 g/mol. The number of aldehydes is 1. The van der Waals surface area contributed by atoms with Crippen LogP contribution in [0.1, 0.15) is 10.4 Å². The monoisotopic (exact) mass is 192 g/mol. The highest BCUT2D eigenvalue weighted by Gasteiger charge is 2.06. The summed E-state index contributed by atoms with van der Waals surface area (Å²) in [6, 6.07) is 5.21. The summed E-state index contributed by atoms with van der Waals surface area (Å²) in [5.74, 6) is 0. The van der Waals surface area contributed by atoms with Gasteiger partial charge in [0, 0.05) is 16.6 Å². The molecular weight excluding hydrogens is 184 g/mol. The molecule has 0 aliphatic heterocycles. The van der Waals surface area contributed by atoms with Crippen molar-refractivity contribution in [3.8, 4) is 0 Å². The Bertz CT molecular complexity index is 476. The molecular formula is C9H8N2OS. The first-order chi connectivity index (χ1) is 6.22. The van der Waals surface area contributed by atoms with E-state index in [1.54, 1.807) is 18.2 Å². The Kier molecular flexibility index (Phi) is 1.70. The third-order valence-corrected chi connectivity index (χ3v) is 2.91. The second kappa shape index (κ2) is 2.74. The van der Waals surface area contributed by atoms with Crippen LogP contribution in [0, 0.1) is 0 Å². The Hall–Kier alpha value is -1.55. The van der Waals surface area contributed by atoms with Gasteiger partial charge in [-0.3, -0.25) is 4.79 Å². The fraction of sp³-hybridized carbons (Fsp3) is 0. The molecule has 0 saturated heterocycles. The maximum Gasteiger partial charge on any atom is 0.150 e. The number of rotatable bonds is 1. The first-order valence-electron chi connectivity index (χ1n) is 3.75. The Labute approximate surface area is 79.0 Å². The summed E-state index contributed by atoms with van der Waals surface area (Å²) in [5, 5.41) is 1.52. The third-order valence-electron chi connectivity index (χ3n) is 1.89. The summed E-state index contributed by atoms with van der Waals surface area (Å²) in [5.41, 5.74) is 12.7. The Morgan fingerprint density at radius 3 is 2.77 bits per heavy atom. The van der Waals surface area contributed by atoms with Gasteiger partial charge in [-0.05, 0) is 18.2 Å². The molecule has 1 aromatic heterocycles. The summed E-state index contributed by atoms with van der Waals surface area (Å²) >= 11 is 1.40. The molecule has 66 valence electrons. The van der Waals surface area contributed by atoms with Gasteiger partial charge in [0.25, 0.3) is 0 Å². The highest BCUT2D eigenvalue weighted by atomic mass is 32.1. The molecule has 1 aromatic carbocycles. The Balaban J connectivity index is 2.91. The lowest BCUT2D eigenvalue weighted by Crippen LogP contribution is -1.86. The number of anilines is 2. The third kappa shape index (κ3) is 1.15. The molecule has 0 radical (unpaired) electrons. The van der Waals surface area contributed by atoms with E-state index in [1.807, 2.05) is 0 Å². The molecule has 3 nitrogen and oxygen atoms in total. The number of carbonyl (C=O) groups excluding carboxylic acids is 1. The van der Waals surface area contributed by atoms with E-state index in [0.717, 1.165) is 16.4 Å². The number of benzene rings is 1. The van der Waals surface area contributed by atoms with Gasteiger partial charge >= 0.3 is 0 Å². The maximum absolute atomic E-state index is 10.7. The van der Waals surface area contributed by atoms with Crippen LogP contribution in [0.25, 0.3) is 10.1 Å². The largest absolute Gasteiger partial charge is 0.398 e. The summed E-state index contributed by atoms with van der Waals surface area (Å²) in [6.07, 6.45) is 0.813. The van der Waals surface area contributed by atoms with Gasteiger partial charge in [-0.1, -0.05) is 0 Å². The number of hydrogen-bond acceptors (Lipinski definition) is 4. The van der Waals surface area contributed by atoms with Crippen LogP contribution in [0.15, 0.2) is 18.2 Å². The highest BCUT2D eigenvalue weighted by Crippen LogP contribution is 2.33. The van der Waals surface area contributed by atoms with E-state index < -0.39 is 0 Å². The molecule has 2 aromatic rings. The topological polar surface area (TPSA) is 69.1 Å². The predicted octanol–water partition coefficient (Wildman–Crippen LogP) is 1.88. The minimum absolute atomic E-state index is 0.636. The van der Waals surface area contributed by atoms with E-state index in [9.17, 15) is 4.79 Å². The summed E-state index contributed by atoms with van der Waals surface area (Å²) in [6.45, 7) is 0. The van der Waals surface area contributed by atoms with Crippen molar-refractivity contribution in [2.45, 2.75) is 0 Å². The zero-order valence-corrected chi connectivity index (χ0v) is 7.60. The van der Waals surface area contributed by atoms with Gasteiger partial charge in [0.15, 0.2) is 6.29 Å². The normalized spacial score (nSPS) is 10.5. The summed E-state index contributed by atoms with van der Waals surface area (Å²) < 4.78 is 0.891. The predicted molar refractivity (Wildman–Crippen MR) is 56.0 cm³/mol. The van der Waals surface area contributed by atoms with Gasteiger partial charge in [0.1, 0.15) is 0 Å². The van der Waals surface area contributed by atoms with E-state index in [1.165, 1.54) is 11.3 Å². The van der Waals surface area contributed by atoms with Crippen molar-refractivity contribution in [1.29, 1.82) is 0 Å². The average Bonchev–Trinajstić information content (AvgIpc) is 2.48. The molecule has 0 bridgehead atoms. The molecule has 1 heterocycles. The van der Waals surface area contributed by atoms with E-state index in [-0.39, 0.29) is 0 Å². The number of carbonyl (C=O) groups is 1. The van der Waals surface area contributed by atoms with Crippen LogP contribution in [0.4, 0.5) is 10.7 Å². The number of fused-ring (bicyclic) bond motifs is 1. The zero-order valence-electron chi connectivity index (χ0n) is 6.78. The van der Waals surface area contributed by atoms with Crippen LogP contribution in [0.2, 0.25) is 0 Å². The van der Waals surface area contributed by atoms with E-state index in [0.29, 0.717) is 16.3 Å². The van der Waals surface area contributed by atoms with Crippen molar-refractivity contribution in [3.63, 3.8) is 0 Å². The quantitative estimate of drug-likeness (QED) is 0.535. The maximum atomic E-state index is 10.7. The van der Waals surface area contributed by atoms with Crippen LogP contribution >= 0.6 is 11.3 Å². The number of nitrogen functional groups attached to an aromatic ring is 2. The molecule has 13 heavy (non-hydrogen) atoms. The lowest BCUT2D eigenvalue weighted by molar-refractivity contribution is 0.112. The molecule has 0 unspecified atom stereocenters. The highest BCUT2D eigenvalue weighted by molar-refractivity contribution is 7.23. The Morgan fingerprint density at radius 2 is 2.08 bits per heavy atom. The SMILES string of the molecule is Nc1cc2c(C=O)ccc(N)c2s1. The standard InChI is InChI=1S/C9H8N2OS/c10-7-2-1-5(4-12)6-3-8(11)13-9(6)7/h1-4H,10-11H2. The molecule has 0 amide bonds. The minimum Gasteiger partial charge on any atom is -0.398 e. The van der Waals surface area contributed by atoms with Gasteiger partial charge in [-0.2, -0.15) is 0 Å². The molecule has 2 rings (SSSR count). The lowest BCUT2D eigenvalue weighted by atomic mass is 10.1. The van der Waals surface area contributed by atoms with E-state index >= 15 is 0 Å². The van der Waals surface area contributed by atoms with Gasteiger partial charge in [-0.15, -0.1) is 11.3 Å². The number of hydrogen-bond donors (Lipinski definition) is 2. The van der Waals surface area contributed by atoms with E-state index in [2.05, 4.69) is 0 Å². The summed E-state index contributed by atoms with van der Waals surface area (Å²) in [7, 11) is 0. The number of nitrogens with two attached hydrogens (primary N) is 2. The fourth-order valence-electron chi connectivity index (χ4n) is 1.29. The molecule has 0 aliphatic carbocycles. The van der Waals surface area contributed by atoms with Crippen LogP contribution < -0.4 is 11.5 Å². The molecule has 0 saturated carbocycles. The lowest BCUT2D eigenvalue weighted by Gasteiger charge is -1.96. The first kappa shape index (κ1) is 8.07. The minimum atomic E-state index is 0.636. The first-order valence-corrected chi connectivity index (χ1v) is 4.56. The molecule has 0 aliphatic rings. The smallest absolute Gasteiger partial charge is 0.150 e. The second-order valence-electron chi connectivity index (χ2n) is 2.75.